The van der Waals surface area contributed by atoms with Gasteiger partial charge in [0.25, 0.3) is 0 Å². The van der Waals surface area contributed by atoms with Crippen molar-refractivity contribution in [3.63, 3.8) is 0 Å². The average Bonchev–Trinajstić information content (AvgIpc) is 3.36. The van der Waals surface area contributed by atoms with E-state index in [4.69, 9.17) is 27.9 Å². The molecule has 4 aliphatic rings. The Hall–Kier alpha value is -2.18. The normalized spacial score (nSPS) is 32.5. The van der Waals surface area contributed by atoms with Gasteiger partial charge in [-0.05, 0) is 47.9 Å². The summed E-state index contributed by atoms with van der Waals surface area (Å²) in [6.07, 6.45) is 4.40. The van der Waals surface area contributed by atoms with Crippen molar-refractivity contribution in [1.82, 2.24) is 9.97 Å². The number of halogens is 2. The van der Waals surface area contributed by atoms with Crippen molar-refractivity contribution in [2.24, 2.45) is 17.3 Å². The van der Waals surface area contributed by atoms with Gasteiger partial charge in [0.1, 0.15) is 34.7 Å². The molecule has 0 spiro atoms. The van der Waals surface area contributed by atoms with Crippen molar-refractivity contribution < 1.29 is 14.3 Å². The Morgan fingerprint density at radius 1 is 1.24 bits per heavy atom. The van der Waals surface area contributed by atoms with E-state index < -0.39 is 6.10 Å². The maximum atomic E-state index is 12.1. The molecule has 1 N–H and O–H groups in total. The summed E-state index contributed by atoms with van der Waals surface area (Å²) in [5, 5.41) is 13.8. The summed E-state index contributed by atoms with van der Waals surface area (Å²) in [4.78, 5) is 8.63. The molecule has 3 aliphatic heterocycles. The first-order valence-electron chi connectivity index (χ1n) is 11.3. The Morgan fingerprint density at radius 3 is 2.76 bits per heavy atom. The van der Waals surface area contributed by atoms with Crippen molar-refractivity contribution in [2.75, 3.05) is 20.2 Å². The summed E-state index contributed by atoms with van der Waals surface area (Å²) < 4.78 is 6.27. The van der Waals surface area contributed by atoms with Gasteiger partial charge in [-0.25, -0.2) is 4.98 Å². The Balaban J connectivity index is 1.47. The summed E-state index contributed by atoms with van der Waals surface area (Å²) in [5.41, 5.74) is 2.75. The average molecular weight is 483 g/mol. The number of aliphatic hydroxyl groups excluding tert-OH is 1. The highest BCUT2D eigenvalue weighted by molar-refractivity contribution is 6.32. The predicted octanol–water partition coefficient (Wildman–Crippen LogP) is 5.20. The van der Waals surface area contributed by atoms with Crippen LogP contribution in [0.2, 0.25) is 10.3 Å². The predicted molar refractivity (Wildman–Crippen MR) is 129 cm³/mol. The number of hydrogen-bond donors (Lipinski definition) is 1. The third-order valence-electron chi connectivity index (χ3n) is 8.48. The number of fused-ring (bicyclic) bond motifs is 2. The molecule has 3 saturated heterocycles. The number of pyridine rings is 2. The van der Waals surface area contributed by atoms with Crippen LogP contribution < -0.4 is 4.74 Å². The van der Waals surface area contributed by atoms with Crippen LogP contribution in [0, 0.1) is 17.3 Å². The van der Waals surface area contributed by atoms with Gasteiger partial charge in [0.2, 0.25) is 0 Å². The highest BCUT2D eigenvalue weighted by atomic mass is 35.5. The first-order valence-corrected chi connectivity index (χ1v) is 12.1. The van der Waals surface area contributed by atoms with Crippen LogP contribution in [0.5, 0.6) is 5.75 Å². The van der Waals surface area contributed by atoms with Crippen LogP contribution in [0.4, 0.5) is 0 Å². The van der Waals surface area contributed by atoms with E-state index in [1.165, 1.54) is 0 Å². The molecule has 170 valence electrons. The van der Waals surface area contributed by atoms with Crippen molar-refractivity contribution in [2.45, 2.75) is 25.1 Å². The minimum absolute atomic E-state index is 0.00117. The van der Waals surface area contributed by atoms with Crippen LogP contribution >= 0.6 is 23.2 Å². The van der Waals surface area contributed by atoms with Gasteiger partial charge in [0.05, 0.1) is 31.1 Å². The Bertz CT molecular complexity index is 1260. The maximum Gasteiger partial charge on any atom is 0.132 e. The van der Waals surface area contributed by atoms with Gasteiger partial charge in [0.15, 0.2) is 0 Å². The lowest BCUT2D eigenvalue weighted by molar-refractivity contribution is -0.969. The summed E-state index contributed by atoms with van der Waals surface area (Å²) >= 11 is 12.5. The lowest BCUT2D eigenvalue weighted by Gasteiger charge is -2.50. The molecule has 5 nitrogen and oxygen atoms in total. The zero-order chi connectivity index (χ0) is 23.0. The molecule has 33 heavy (non-hydrogen) atoms. The number of ether oxygens (including phenoxy) is 1. The van der Waals surface area contributed by atoms with E-state index in [2.05, 4.69) is 22.6 Å². The zero-order valence-electron chi connectivity index (χ0n) is 18.4. The molecule has 4 unspecified atom stereocenters. The van der Waals surface area contributed by atoms with Crippen LogP contribution in [-0.4, -0.2) is 45.8 Å². The fourth-order valence-corrected chi connectivity index (χ4v) is 7.78. The molecule has 7 heteroatoms. The monoisotopic (exact) mass is 482 g/mol. The molecule has 0 radical (unpaired) electrons. The first kappa shape index (κ1) is 21.4. The lowest BCUT2D eigenvalue weighted by atomic mass is 9.80. The standard InChI is InChI=1S/C26H26Cl2N3O2/c1-3-26-19-7-9-31(14-20(19)26,13-15-10-22(27)30-23(28)11-15)25(26)24(32)17-6-8-29-21-5-4-16(33-2)12-18(17)21/h3-6,8,10-12,19-20,24-25,32H,1,7,9,13-14H2,2H3/q+1/t19?,20?,24-,25-,26?,31?/m1/s1. The van der Waals surface area contributed by atoms with Gasteiger partial charge in [-0.15, -0.1) is 6.58 Å². The summed E-state index contributed by atoms with van der Waals surface area (Å²) in [7, 11) is 1.65. The number of rotatable bonds is 6. The Kier molecular flexibility index (Phi) is 4.80. The van der Waals surface area contributed by atoms with Crippen LogP contribution in [0.25, 0.3) is 10.9 Å². The number of piperidine rings is 3. The van der Waals surface area contributed by atoms with Crippen molar-refractivity contribution in [3.8, 4) is 5.75 Å². The van der Waals surface area contributed by atoms with Crippen molar-refractivity contribution >= 4 is 34.1 Å². The summed E-state index contributed by atoms with van der Waals surface area (Å²) in [6.45, 7) is 7.06. The molecule has 4 fully saturated rings. The topological polar surface area (TPSA) is 55.2 Å². The van der Waals surface area contributed by atoms with E-state index >= 15 is 0 Å². The molecule has 3 aromatic rings. The summed E-state index contributed by atoms with van der Waals surface area (Å²) in [5.74, 6) is 1.91. The van der Waals surface area contributed by atoms with E-state index in [1.54, 1.807) is 13.3 Å². The molecule has 1 aliphatic carbocycles. The molecule has 7 rings (SSSR count). The second kappa shape index (κ2) is 7.41. The summed E-state index contributed by atoms with van der Waals surface area (Å²) in [6, 6.07) is 11.6. The number of hydrogen-bond acceptors (Lipinski definition) is 4. The van der Waals surface area contributed by atoms with E-state index in [0.29, 0.717) is 22.1 Å². The number of quaternary nitrogens is 1. The highest BCUT2D eigenvalue weighted by Gasteiger charge is 2.82. The number of methoxy groups -OCH3 is 1. The maximum absolute atomic E-state index is 12.1. The van der Waals surface area contributed by atoms with Crippen LogP contribution in [0.3, 0.4) is 0 Å². The van der Waals surface area contributed by atoms with Crippen molar-refractivity contribution in [1.29, 1.82) is 0 Å². The van der Waals surface area contributed by atoms with Crippen LogP contribution in [-0.2, 0) is 6.54 Å². The molecule has 6 atom stereocenters. The number of aromatic nitrogens is 2. The van der Waals surface area contributed by atoms with Gasteiger partial charge in [0, 0.05) is 29.5 Å². The SMILES string of the molecule is C=CC12C3CC[N+](Cc4cc(Cl)nc(Cl)c4)(CC31)[C@@H]2[C@H](O)c1ccnc2ccc(OC)cc12. The first-order chi connectivity index (χ1) is 15.9. The molecule has 1 saturated carbocycles. The van der Waals surface area contributed by atoms with Gasteiger partial charge in [-0.1, -0.05) is 29.3 Å². The van der Waals surface area contributed by atoms with Gasteiger partial charge < -0.3 is 14.3 Å². The smallest absolute Gasteiger partial charge is 0.132 e. The number of nitrogens with zero attached hydrogens (tertiary/aromatic N) is 3. The number of benzene rings is 1. The molecular weight excluding hydrogens is 457 g/mol. The van der Waals surface area contributed by atoms with E-state index in [1.807, 2.05) is 36.4 Å². The second-order valence-electron chi connectivity index (χ2n) is 9.78. The number of aliphatic hydroxyl groups is 1. The van der Waals surface area contributed by atoms with E-state index in [9.17, 15) is 5.11 Å². The molecule has 0 amide bonds. The third-order valence-corrected chi connectivity index (χ3v) is 8.87. The lowest BCUT2D eigenvalue weighted by Crippen LogP contribution is -2.61. The Labute approximate surface area is 203 Å². The van der Waals surface area contributed by atoms with E-state index in [-0.39, 0.29) is 11.5 Å². The molecule has 5 heterocycles. The molecule has 2 aromatic heterocycles. The minimum Gasteiger partial charge on any atom is -0.497 e. The van der Waals surface area contributed by atoms with E-state index in [0.717, 1.165) is 58.3 Å². The second-order valence-corrected chi connectivity index (χ2v) is 10.6. The molecule has 4 bridgehead atoms. The van der Waals surface area contributed by atoms with Crippen LogP contribution in [0.15, 0.2) is 55.3 Å². The van der Waals surface area contributed by atoms with Gasteiger partial charge in [-0.2, -0.15) is 0 Å². The fraction of sp³-hybridized carbons (Fsp3) is 0.385. The quantitative estimate of drug-likeness (QED) is 0.298. The highest BCUT2D eigenvalue weighted by Crippen LogP contribution is 2.75. The minimum atomic E-state index is -0.663. The Morgan fingerprint density at radius 2 is 2.03 bits per heavy atom. The molecule has 1 aromatic carbocycles. The van der Waals surface area contributed by atoms with Crippen molar-refractivity contribution in [3.05, 3.63) is 76.7 Å². The van der Waals surface area contributed by atoms with Crippen LogP contribution in [0.1, 0.15) is 23.7 Å². The largest absolute Gasteiger partial charge is 0.497 e. The fourth-order valence-electron chi connectivity index (χ4n) is 7.28. The van der Waals surface area contributed by atoms with Gasteiger partial charge >= 0.3 is 0 Å². The zero-order valence-corrected chi connectivity index (χ0v) is 19.9. The van der Waals surface area contributed by atoms with Gasteiger partial charge in [-0.3, -0.25) is 4.98 Å². The third kappa shape index (κ3) is 2.99. The molecular formula is C26H26Cl2N3O2+.